The van der Waals surface area contributed by atoms with Gasteiger partial charge in [0.15, 0.2) is 0 Å². The maximum atomic E-state index is 5.87. The van der Waals surface area contributed by atoms with Crippen molar-refractivity contribution in [3.63, 3.8) is 0 Å². The number of nitrogens with one attached hydrogen (secondary N) is 1. The van der Waals surface area contributed by atoms with E-state index in [-0.39, 0.29) is 5.54 Å². The summed E-state index contributed by atoms with van der Waals surface area (Å²) in [5.74, 6) is 5.87. The van der Waals surface area contributed by atoms with Crippen molar-refractivity contribution in [1.29, 1.82) is 0 Å². The van der Waals surface area contributed by atoms with E-state index in [4.69, 9.17) is 5.84 Å². The van der Waals surface area contributed by atoms with E-state index in [0.29, 0.717) is 6.04 Å². The molecule has 3 nitrogen and oxygen atoms in total. The Morgan fingerprint density at radius 1 is 0.950 bits per heavy atom. The van der Waals surface area contributed by atoms with Gasteiger partial charge in [0.1, 0.15) is 0 Å². The van der Waals surface area contributed by atoms with Gasteiger partial charge in [-0.15, -0.1) is 0 Å². The Hall–Kier alpha value is -0.120. The summed E-state index contributed by atoms with van der Waals surface area (Å²) < 4.78 is 0. The van der Waals surface area contributed by atoms with Crippen molar-refractivity contribution in [3.8, 4) is 0 Å². The van der Waals surface area contributed by atoms with Crippen LogP contribution in [0.25, 0.3) is 0 Å². The van der Waals surface area contributed by atoms with Crippen molar-refractivity contribution in [2.75, 3.05) is 13.1 Å². The van der Waals surface area contributed by atoms with Crippen LogP contribution in [0.15, 0.2) is 0 Å². The molecule has 0 heterocycles. The Morgan fingerprint density at radius 3 is 1.95 bits per heavy atom. The highest BCUT2D eigenvalue weighted by molar-refractivity contribution is 4.94. The maximum absolute atomic E-state index is 5.87. The van der Waals surface area contributed by atoms with Gasteiger partial charge in [0, 0.05) is 11.6 Å². The van der Waals surface area contributed by atoms with Crippen molar-refractivity contribution < 1.29 is 0 Å². The first kappa shape index (κ1) is 19.9. The summed E-state index contributed by atoms with van der Waals surface area (Å²) in [4.78, 5) is 2.55. The average Bonchev–Trinajstić information content (AvgIpc) is 2.47. The fourth-order valence-electron chi connectivity index (χ4n) is 3.34. The third kappa shape index (κ3) is 6.11. The van der Waals surface area contributed by atoms with E-state index in [1.165, 1.54) is 44.9 Å². The number of likely N-dealkylation sites (N-methyl/N-ethyl adjacent to an activating group) is 1. The molecule has 3 heteroatoms. The molecule has 0 aromatic carbocycles. The summed E-state index contributed by atoms with van der Waals surface area (Å²) in [7, 11) is 0. The highest BCUT2D eigenvalue weighted by atomic mass is 15.3. The Labute approximate surface area is 127 Å². The molecule has 0 aromatic rings. The Balaban J connectivity index is 4.32. The van der Waals surface area contributed by atoms with Crippen LogP contribution in [0, 0.1) is 0 Å². The number of hydrogen-bond acceptors (Lipinski definition) is 3. The molecule has 0 fully saturated rings. The zero-order valence-corrected chi connectivity index (χ0v) is 14.7. The predicted molar refractivity (Wildman–Crippen MR) is 90.7 cm³/mol. The van der Waals surface area contributed by atoms with Crippen LogP contribution >= 0.6 is 0 Å². The second-order valence-electron chi connectivity index (χ2n) is 6.16. The van der Waals surface area contributed by atoms with Gasteiger partial charge in [0.25, 0.3) is 0 Å². The van der Waals surface area contributed by atoms with Gasteiger partial charge < -0.3 is 0 Å². The van der Waals surface area contributed by atoms with Crippen LogP contribution < -0.4 is 11.3 Å². The molecule has 0 aliphatic rings. The van der Waals surface area contributed by atoms with E-state index >= 15 is 0 Å². The van der Waals surface area contributed by atoms with Crippen LogP contribution in [-0.2, 0) is 0 Å². The van der Waals surface area contributed by atoms with Crippen molar-refractivity contribution in [2.45, 2.75) is 97.6 Å². The van der Waals surface area contributed by atoms with Gasteiger partial charge in [0.2, 0.25) is 0 Å². The van der Waals surface area contributed by atoms with Crippen LogP contribution in [0.3, 0.4) is 0 Å². The molecule has 0 rings (SSSR count). The molecule has 0 saturated carbocycles. The van der Waals surface area contributed by atoms with E-state index in [1.54, 1.807) is 0 Å². The van der Waals surface area contributed by atoms with Crippen molar-refractivity contribution in [2.24, 2.45) is 5.84 Å². The number of hydrogen-bond donors (Lipinski definition) is 2. The van der Waals surface area contributed by atoms with Crippen molar-refractivity contribution in [1.82, 2.24) is 10.3 Å². The first-order chi connectivity index (χ1) is 9.60. The number of rotatable bonds is 13. The van der Waals surface area contributed by atoms with Crippen molar-refractivity contribution >= 4 is 0 Å². The normalized spacial score (nSPS) is 16.4. The topological polar surface area (TPSA) is 41.3 Å². The third-order valence-corrected chi connectivity index (χ3v) is 5.00. The highest BCUT2D eigenvalue weighted by Gasteiger charge is 2.35. The molecule has 122 valence electrons. The number of unbranched alkanes of at least 4 members (excludes halogenated alkanes) is 5. The van der Waals surface area contributed by atoms with Gasteiger partial charge in [-0.05, 0) is 32.9 Å². The maximum Gasteiger partial charge on any atom is 0.0391 e. The zero-order valence-electron chi connectivity index (χ0n) is 14.7. The van der Waals surface area contributed by atoms with Gasteiger partial charge in [-0.1, -0.05) is 66.2 Å². The molecule has 2 unspecified atom stereocenters. The quantitative estimate of drug-likeness (QED) is 0.304. The molecule has 0 aromatic heterocycles. The Kier molecular flexibility index (Phi) is 11.5. The average molecular weight is 286 g/mol. The highest BCUT2D eigenvalue weighted by Crippen LogP contribution is 2.26. The van der Waals surface area contributed by atoms with Gasteiger partial charge in [-0.3, -0.25) is 16.2 Å². The molecule has 0 saturated heterocycles. The van der Waals surface area contributed by atoms with E-state index < -0.39 is 0 Å². The molecule has 0 amide bonds. The lowest BCUT2D eigenvalue weighted by Gasteiger charge is -2.45. The standard InChI is InChI=1S/C17H39N3/c1-6-10-11-12-13-14-15-16(19-18)17(5,7-2)20(8-3)9-4/h16,19H,6-15,18H2,1-5H3. The SMILES string of the molecule is CCCCCCCCC(NN)C(C)(CC)N(CC)CC. The lowest BCUT2D eigenvalue weighted by atomic mass is 9.84. The van der Waals surface area contributed by atoms with E-state index in [1.807, 2.05) is 0 Å². The van der Waals surface area contributed by atoms with Crippen LogP contribution in [0.4, 0.5) is 0 Å². The summed E-state index contributed by atoms with van der Waals surface area (Å²) in [6.07, 6.45) is 10.4. The second kappa shape index (κ2) is 11.5. The number of nitrogens with two attached hydrogens (primary N) is 1. The molecule has 0 aliphatic carbocycles. The van der Waals surface area contributed by atoms with E-state index in [9.17, 15) is 0 Å². The smallest absolute Gasteiger partial charge is 0.0391 e. The van der Waals surface area contributed by atoms with Gasteiger partial charge in [0.05, 0.1) is 0 Å². The molecule has 0 radical (unpaired) electrons. The largest absolute Gasteiger partial charge is 0.297 e. The minimum absolute atomic E-state index is 0.168. The molecular weight excluding hydrogens is 246 g/mol. The van der Waals surface area contributed by atoms with Crippen LogP contribution in [-0.4, -0.2) is 29.6 Å². The fraction of sp³-hybridized carbons (Fsp3) is 1.00. The first-order valence-corrected chi connectivity index (χ1v) is 8.81. The van der Waals surface area contributed by atoms with Gasteiger partial charge in [-0.25, -0.2) is 0 Å². The molecule has 20 heavy (non-hydrogen) atoms. The summed E-state index contributed by atoms with van der Waals surface area (Å²) in [5.41, 5.74) is 3.27. The minimum atomic E-state index is 0.168. The summed E-state index contributed by atoms with van der Waals surface area (Å²) in [6.45, 7) is 13.6. The molecule has 2 atom stereocenters. The Morgan fingerprint density at radius 2 is 1.50 bits per heavy atom. The van der Waals surface area contributed by atoms with Gasteiger partial charge in [-0.2, -0.15) is 0 Å². The summed E-state index contributed by atoms with van der Waals surface area (Å²) in [6, 6.07) is 0.388. The second-order valence-corrected chi connectivity index (χ2v) is 6.16. The van der Waals surface area contributed by atoms with Crippen molar-refractivity contribution in [3.05, 3.63) is 0 Å². The Bertz CT molecular complexity index is 216. The third-order valence-electron chi connectivity index (χ3n) is 5.00. The monoisotopic (exact) mass is 285 g/mol. The fourth-order valence-corrected chi connectivity index (χ4v) is 3.34. The molecule has 0 aliphatic heterocycles. The number of hydrazine groups is 1. The van der Waals surface area contributed by atoms with Crippen LogP contribution in [0.2, 0.25) is 0 Å². The lowest BCUT2D eigenvalue weighted by Crippen LogP contribution is -2.60. The van der Waals surface area contributed by atoms with E-state index in [0.717, 1.165) is 19.5 Å². The lowest BCUT2D eigenvalue weighted by molar-refractivity contribution is 0.0656. The minimum Gasteiger partial charge on any atom is -0.297 e. The van der Waals surface area contributed by atoms with Crippen LogP contribution in [0.1, 0.15) is 86.0 Å². The molecular formula is C17H39N3. The summed E-state index contributed by atoms with van der Waals surface area (Å²) >= 11 is 0. The first-order valence-electron chi connectivity index (χ1n) is 8.81. The number of nitrogens with zero attached hydrogens (tertiary/aromatic N) is 1. The zero-order chi connectivity index (χ0) is 15.4. The molecule has 0 spiro atoms. The van der Waals surface area contributed by atoms with Gasteiger partial charge >= 0.3 is 0 Å². The van der Waals surface area contributed by atoms with Crippen LogP contribution in [0.5, 0.6) is 0 Å². The molecule has 3 N–H and O–H groups in total. The summed E-state index contributed by atoms with van der Waals surface area (Å²) in [5, 5.41) is 0. The predicted octanol–water partition coefficient (Wildman–Crippen LogP) is 4.08. The molecule has 0 bridgehead atoms. The van der Waals surface area contributed by atoms with E-state index in [2.05, 4.69) is 44.9 Å².